The molecule has 2 aliphatic rings. The van der Waals surface area contributed by atoms with Gasteiger partial charge < -0.3 is 25.2 Å². The van der Waals surface area contributed by atoms with E-state index >= 15 is 0 Å². The summed E-state index contributed by atoms with van der Waals surface area (Å²) in [5.41, 5.74) is -0.445. The van der Waals surface area contributed by atoms with Crippen molar-refractivity contribution in [3.8, 4) is 0 Å². The number of rotatable bonds is 5. The van der Waals surface area contributed by atoms with Gasteiger partial charge in [-0.05, 0) is 53.1 Å². The number of ether oxygens (including phenoxy) is 1. The second-order valence-corrected chi connectivity index (χ2v) is 7.99. The Bertz CT molecular complexity index is 469. The lowest BCUT2D eigenvalue weighted by Crippen LogP contribution is -2.63. The van der Waals surface area contributed by atoms with Crippen LogP contribution in [0.25, 0.3) is 0 Å². The molecule has 1 atom stereocenters. The molecule has 0 bridgehead atoms. The van der Waals surface area contributed by atoms with Gasteiger partial charge in [0.2, 0.25) is 0 Å². The SMILES string of the molecule is CCNC(=NCC1CCN(CC)C1)NC1CN(C(=O)OC(C)(C)C)C1. The third-order valence-electron chi connectivity index (χ3n) is 4.54. The molecule has 0 saturated carbocycles. The lowest BCUT2D eigenvalue weighted by atomic mass is 10.1. The van der Waals surface area contributed by atoms with Gasteiger partial charge in [-0.15, -0.1) is 0 Å². The number of hydrogen-bond donors (Lipinski definition) is 2. The van der Waals surface area contributed by atoms with Crippen molar-refractivity contribution in [1.82, 2.24) is 20.4 Å². The topological polar surface area (TPSA) is 69.2 Å². The van der Waals surface area contributed by atoms with Crippen LogP contribution in [0.2, 0.25) is 0 Å². The number of hydrogen-bond acceptors (Lipinski definition) is 4. The van der Waals surface area contributed by atoms with Crippen LogP contribution in [0.3, 0.4) is 0 Å². The predicted molar refractivity (Wildman–Crippen MR) is 101 cm³/mol. The summed E-state index contributed by atoms with van der Waals surface area (Å²) < 4.78 is 5.39. The summed E-state index contributed by atoms with van der Waals surface area (Å²) in [6.07, 6.45) is 0.991. The van der Waals surface area contributed by atoms with Crippen LogP contribution in [0.15, 0.2) is 4.99 Å². The van der Waals surface area contributed by atoms with Crippen molar-refractivity contribution >= 4 is 12.1 Å². The monoisotopic (exact) mass is 353 g/mol. The Morgan fingerprint density at radius 2 is 1.96 bits per heavy atom. The van der Waals surface area contributed by atoms with E-state index in [9.17, 15) is 4.79 Å². The molecule has 2 saturated heterocycles. The van der Waals surface area contributed by atoms with E-state index in [4.69, 9.17) is 9.73 Å². The van der Waals surface area contributed by atoms with Crippen LogP contribution < -0.4 is 10.6 Å². The number of aliphatic imine (C=N–C) groups is 1. The molecule has 2 fully saturated rings. The highest BCUT2D eigenvalue weighted by Gasteiger charge is 2.34. The van der Waals surface area contributed by atoms with Crippen LogP contribution in [0.1, 0.15) is 41.0 Å². The van der Waals surface area contributed by atoms with Crippen molar-refractivity contribution < 1.29 is 9.53 Å². The fourth-order valence-corrected chi connectivity index (χ4v) is 3.13. The Kier molecular flexibility index (Phi) is 6.93. The van der Waals surface area contributed by atoms with Gasteiger partial charge >= 0.3 is 6.09 Å². The largest absolute Gasteiger partial charge is 0.444 e. The first-order valence-corrected chi connectivity index (χ1v) is 9.55. The number of likely N-dealkylation sites (tertiary alicyclic amines) is 2. The first-order chi connectivity index (χ1) is 11.8. The van der Waals surface area contributed by atoms with Crippen molar-refractivity contribution in [2.75, 3.05) is 45.8 Å². The van der Waals surface area contributed by atoms with Crippen LogP contribution in [-0.2, 0) is 4.74 Å². The molecule has 0 aliphatic carbocycles. The molecule has 2 N–H and O–H groups in total. The zero-order valence-electron chi connectivity index (χ0n) is 16.5. The Morgan fingerprint density at radius 3 is 2.52 bits per heavy atom. The first kappa shape index (κ1) is 19.8. The summed E-state index contributed by atoms with van der Waals surface area (Å²) in [5.74, 6) is 1.50. The molecule has 0 aromatic heterocycles. The number of amides is 1. The summed E-state index contributed by atoms with van der Waals surface area (Å²) in [5, 5.41) is 6.73. The molecule has 0 aromatic rings. The predicted octanol–water partition coefficient (Wildman–Crippen LogP) is 1.50. The standard InChI is InChI=1S/C18H35N5O2/c1-6-19-16(20-10-14-8-9-22(7-2)11-14)21-15-12-23(13-15)17(24)25-18(3,4)5/h14-15H,6-13H2,1-5H3,(H2,19,20,21). The quantitative estimate of drug-likeness (QED) is 0.579. The lowest BCUT2D eigenvalue weighted by Gasteiger charge is -2.40. The maximum absolute atomic E-state index is 12.0. The second-order valence-electron chi connectivity index (χ2n) is 7.99. The van der Waals surface area contributed by atoms with E-state index in [1.165, 1.54) is 13.0 Å². The lowest BCUT2D eigenvalue weighted by molar-refractivity contribution is 0.00700. The van der Waals surface area contributed by atoms with Crippen molar-refractivity contribution in [2.24, 2.45) is 10.9 Å². The van der Waals surface area contributed by atoms with Crippen LogP contribution in [0, 0.1) is 5.92 Å². The number of carbonyl (C=O) groups excluding carboxylic acids is 1. The average molecular weight is 354 g/mol. The summed E-state index contributed by atoms with van der Waals surface area (Å²) in [6.45, 7) is 16.4. The average Bonchev–Trinajstić information content (AvgIpc) is 2.93. The molecule has 2 heterocycles. The molecule has 0 aromatic carbocycles. The Hall–Kier alpha value is -1.50. The molecule has 2 rings (SSSR count). The third-order valence-corrected chi connectivity index (χ3v) is 4.54. The van der Waals surface area contributed by atoms with Gasteiger partial charge in [-0.3, -0.25) is 4.99 Å². The van der Waals surface area contributed by atoms with Gasteiger partial charge in [0, 0.05) is 32.7 Å². The summed E-state index contributed by atoms with van der Waals surface area (Å²) >= 11 is 0. The zero-order valence-corrected chi connectivity index (χ0v) is 16.5. The number of guanidine groups is 1. The smallest absolute Gasteiger partial charge is 0.410 e. The van der Waals surface area contributed by atoms with Crippen LogP contribution in [0.5, 0.6) is 0 Å². The molecule has 7 heteroatoms. The van der Waals surface area contributed by atoms with E-state index in [1.807, 2.05) is 20.8 Å². The van der Waals surface area contributed by atoms with Gasteiger partial charge in [-0.1, -0.05) is 6.92 Å². The van der Waals surface area contributed by atoms with Gasteiger partial charge in [0.1, 0.15) is 5.60 Å². The fraction of sp³-hybridized carbons (Fsp3) is 0.889. The molecule has 7 nitrogen and oxygen atoms in total. The van der Waals surface area contributed by atoms with Crippen molar-refractivity contribution in [3.63, 3.8) is 0 Å². The zero-order chi connectivity index (χ0) is 18.4. The third kappa shape index (κ3) is 6.38. The van der Waals surface area contributed by atoms with Crippen LogP contribution in [0.4, 0.5) is 4.79 Å². The molecule has 2 aliphatic heterocycles. The van der Waals surface area contributed by atoms with Gasteiger partial charge in [0.25, 0.3) is 0 Å². The maximum Gasteiger partial charge on any atom is 0.410 e. The summed E-state index contributed by atoms with van der Waals surface area (Å²) in [7, 11) is 0. The fourth-order valence-electron chi connectivity index (χ4n) is 3.13. The highest BCUT2D eigenvalue weighted by atomic mass is 16.6. The van der Waals surface area contributed by atoms with Gasteiger partial charge in [0.05, 0.1) is 6.04 Å². The van der Waals surface area contributed by atoms with Crippen LogP contribution >= 0.6 is 0 Å². The van der Waals surface area contributed by atoms with Crippen molar-refractivity contribution in [2.45, 2.75) is 52.7 Å². The minimum atomic E-state index is -0.445. The van der Waals surface area contributed by atoms with E-state index in [1.54, 1.807) is 4.90 Å². The van der Waals surface area contributed by atoms with E-state index < -0.39 is 5.60 Å². The Labute approximate surface area is 152 Å². The number of carbonyl (C=O) groups is 1. The Balaban J connectivity index is 1.75. The molecular formula is C18H35N5O2. The maximum atomic E-state index is 12.0. The minimum absolute atomic E-state index is 0.237. The summed E-state index contributed by atoms with van der Waals surface area (Å²) in [6, 6.07) is 0.237. The molecule has 1 amide bonds. The number of nitrogens with one attached hydrogen (secondary N) is 2. The van der Waals surface area contributed by atoms with E-state index in [0.29, 0.717) is 19.0 Å². The molecular weight excluding hydrogens is 318 g/mol. The second kappa shape index (κ2) is 8.74. The molecule has 25 heavy (non-hydrogen) atoms. The van der Waals surface area contributed by atoms with Crippen molar-refractivity contribution in [1.29, 1.82) is 0 Å². The summed E-state index contributed by atoms with van der Waals surface area (Å²) in [4.78, 5) is 20.9. The minimum Gasteiger partial charge on any atom is -0.444 e. The Morgan fingerprint density at radius 1 is 1.24 bits per heavy atom. The highest BCUT2D eigenvalue weighted by Crippen LogP contribution is 2.17. The number of nitrogens with zero attached hydrogens (tertiary/aromatic N) is 3. The molecule has 1 unspecified atom stereocenters. The van der Waals surface area contributed by atoms with E-state index in [0.717, 1.165) is 32.1 Å². The van der Waals surface area contributed by atoms with E-state index in [-0.39, 0.29) is 12.1 Å². The van der Waals surface area contributed by atoms with Gasteiger partial charge in [-0.25, -0.2) is 4.79 Å². The molecule has 144 valence electrons. The molecule has 0 radical (unpaired) electrons. The van der Waals surface area contributed by atoms with Gasteiger partial charge in [0.15, 0.2) is 5.96 Å². The molecule has 0 spiro atoms. The van der Waals surface area contributed by atoms with Gasteiger partial charge in [-0.2, -0.15) is 0 Å². The first-order valence-electron chi connectivity index (χ1n) is 9.55. The normalized spacial score (nSPS) is 22.7. The van der Waals surface area contributed by atoms with Crippen molar-refractivity contribution in [3.05, 3.63) is 0 Å². The van der Waals surface area contributed by atoms with E-state index in [2.05, 4.69) is 29.4 Å². The van der Waals surface area contributed by atoms with Crippen LogP contribution in [-0.4, -0.2) is 79.3 Å². The highest BCUT2D eigenvalue weighted by molar-refractivity contribution is 5.80.